The molecule has 0 aliphatic heterocycles. The predicted octanol–water partition coefficient (Wildman–Crippen LogP) is 5.88. The van der Waals surface area contributed by atoms with Crippen LogP contribution in [0.2, 0.25) is 10.0 Å². The lowest BCUT2D eigenvalue weighted by Gasteiger charge is -2.12. The van der Waals surface area contributed by atoms with Crippen LogP contribution in [0.15, 0.2) is 47.2 Å². The number of carbonyl (C=O) groups is 1. The van der Waals surface area contributed by atoms with Gasteiger partial charge in [-0.2, -0.15) is 11.3 Å². The molecule has 0 aliphatic rings. The largest absolute Gasteiger partial charge is 0.508 e. The van der Waals surface area contributed by atoms with Gasteiger partial charge in [-0.05, 0) is 64.2 Å². The number of esters is 1. The van der Waals surface area contributed by atoms with Crippen LogP contribution in [0.1, 0.15) is 29.2 Å². The highest BCUT2D eigenvalue weighted by Gasteiger charge is 2.13. The number of hydrogen-bond acceptors (Lipinski definition) is 5. The fourth-order valence-electron chi connectivity index (χ4n) is 2.88. The number of halogens is 2. The Labute approximate surface area is 183 Å². The molecule has 1 aromatic heterocycles. The maximum absolute atomic E-state index is 11.4. The number of benzene rings is 2. The standard InChI is InChI=1S/C22H20Cl2O4S/c1-2-27-22(26)12-28-17-10-19(23)18(20(24)11-17)9-14-3-4-21(25)16(7-14)8-15-5-6-29-13-15/h3-7,10-11,13,25H,2,8-9,12H2,1H3. The predicted molar refractivity (Wildman–Crippen MR) is 117 cm³/mol. The second-order valence-corrected chi connectivity index (χ2v) is 8.00. The van der Waals surface area contributed by atoms with E-state index in [9.17, 15) is 9.90 Å². The van der Waals surface area contributed by atoms with Crippen LogP contribution in [0.4, 0.5) is 0 Å². The van der Waals surface area contributed by atoms with E-state index in [1.165, 1.54) is 0 Å². The first-order valence-corrected chi connectivity index (χ1v) is 10.7. The topological polar surface area (TPSA) is 55.8 Å². The number of ether oxygens (including phenoxy) is 2. The van der Waals surface area contributed by atoms with Gasteiger partial charge in [0.2, 0.25) is 0 Å². The van der Waals surface area contributed by atoms with Crippen molar-refractivity contribution in [2.75, 3.05) is 13.2 Å². The third-order valence-corrected chi connectivity index (χ3v) is 5.68. The van der Waals surface area contributed by atoms with E-state index >= 15 is 0 Å². The van der Waals surface area contributed by atoms with Gasteiger partial charge in [-0.25, -0.2) is 4.79 Å². The summed E-state index contributed by atoms with van der Waals surface area (Å²) < 4.78 is 10.2. The highest BCUT2D eigenvalue weighted by molar-refractivity contribution is 7.07. The van der Waals surface area contributed by atoms with E-state index in [-0.39, 0.29) is 12.4 Å². The third kappa shape index (κ3) is 5.89. The van der Waals surface area contributed by atoms with Crippen molar-refractivity contribution in [3.05, 3.63) is 79.5 Å². The number of carbonyl (C=O) groups excluding carboxylic acids is 1. The molecule has 4 nitrogen and oxygen atoms in total. The number of rotatable bonds is 8. The Kier molecular flexibility index (Phi) is 7.42. The van der Waals surface area contributed by atoms with Crippen molar-refractivity contribution < 1.29 is 19.4 Å². The monoisotopic (exact) mass is 450 g/mol. The van der Waals surface area contributed by atoms with Crippen LogP contribution >= 0.6 is 34.5 Å². The summed E-state index contributed by atoms with van der Waals surface area (Å²) in [6, 6.07) is 10.8. The Morgan fingerprint density at radius 1 is 1.07 bits per heavy atom. The first-order valence-electron chi connectivity index (χ1n) is 9.04. The summed E-state index contributed by atoms with van der Waals surface area (Å²) in [5.74, 6) is 0.214. The molecule has 0 fully saturated rings. The van der Waals surface area contributed by atoms with Crippen molar-refractivity contribution in [2.45, 2.75) is 19.8 Å². The fraction of sp³-hybridized carbons (Fsp3) is 0.227. The van der Waals surface area contributed by atoms with Crippen molar-refractivity contribution in [1.82, 2.24) is 0 Å². The summed E-state index contributed by atoms with van der Waals surface area (Å²) in [4.78, 5) is 11.4. The van der Waals surface area contributed by atoms with E-state index in [4.69, 9.17) is 32.7 Å². The van der Waals surface area contributed by atoms with Gasteiger partial charge in [0.1, 0.15) is 11.5 Å². The normalized spacial score (nSPS) is 10.7. The summed E-state index contributed by atoms with van der Waals surface area (Å²) in [6.07, 6.45) is 1.16. The van der Waals surface area contributed by atoms with Gasteiger partial charge in [0.25, 0.3) is 0 Å². The van der Waals surface area contributed by atoms with Crippen LogP contribution in [0.25, 0.3) is 0 Å². The summed E-state index contributed by atoms with van der Waals surface area (Å²) >= 11 is 14.5. The Morgan fingerprint density at radius 3 is 2.48 bits per heavy atom. The quantitative estimate of drug-likeness (QED) is 0.435. The lowest BCUT2D eigenvalue weighted by Crippen LogP contribution is -2.14. The summed E-state index contributed by atoms with van der Waals surface area (Å²) in [5, 5.41) is 15.2. The van der Waals surface area contributed by atoms with E-state index in [1.807, 2.05) is 23.6 Å². The molecule has 3 rings (SSSR count). The maximum atomic E-state index is 11.4. The molecule has 0 saturated carbocycles. The molecular weight excluding hydrogens is 431 g/mol. The Morgan fingerprint density at radius 2 is 1.83 bits per heavy atom. The maximum Gasteiger partial charge on any atom is 0.344 e. The van der Waals surface area contributed by atoms with Crippen molar-refractivity contribution in [2.24, 2.45) is 0 Å². The van der Waals surface area contributed by atoms with Gasteiger partial charge in [-0.15, -0.1) is 0 Å². The molecule has 0 spiro atoms. The fourth-order valence-corrected chi connectivity index (χ4v) is 4.15. The zero-order valence-electron chi connectivity index (χ0n) is 15.8. The second-order valence-electron chi connectivity index (χ2n) is 6.41. The minimum absolute atomic E-state index is 0.205. The van der Waals surface area contributed by atoms with Gasteiger partial charge < -0.3 is 14.6 Å². The molecule has 29 heavy (non-hydrogen) atoms. The van der Waals surface area contributed by atoms with Crippen molar-refractivity contribution in [3.63, 3.8) is 0 Å². The molecule has 152 valence electrons. The Hall–Kier alpha value is -2.21. The van der Waals surface area contributed by atoms with Gasteiger partial charge >= 0.3 is 5.97 Å². The Bertz CT molecular complexity index is 963. The summed E-state index contributed by atoms with van der Waals surface area (Å²) in [5.41, 5.74) is 3.74. The van der Waals surface area contributed by atoms with Crippen LogP contribution in [-0.4, -0.2) is 24.3 Å². The average Bonchev–Trinajstić information content (AvgIpc) is 3.19. The zero-order valence-corrected chi connectivity index (χ0v) is 18.1. The lowest BCUT2D eigenvalue weighted by atomic mass is 9.99. The van der Waals surface area contributed by atoms with Gasteiger partial charge in [-0.3, -0.25) is 0 Å². The molecule has 0 atom stereocenters. The minimum Gasteiger partial charge on any atom is -0.508 e. The van der Waals surface area contributed by atoms with E-state index in [1.54, 1.807) is 36.5 Å². The van der Waals surface area contributed by atoms with E-state index in [0.29, 0.717) is 35.2 Å². The van der Waals surface area contributed by atoms with Crippen molar-refractivity contribution >= 4 is 40.5 Å². The van der Waals surface area contributed by atoms with Crippen molar-refractivity contribution in [3.8, 4) is 11.5 Å². The van der Waals surface area contributed by atoms with Crippen LogP contribution in [0.5, 0.6) is 11.5 Å². The minimum atomic E-state index is -0.453. The average molecular weight is 451 g/mol. The lowest BCUT2D eigenvalue weighted by molar-refractivity contribution is -0.145. The highest BCUT2D eigenvalue weighted by Crippen LogP contribution is 2.33. The molecule has 0 unspecified atom stereocenters. The summed E-state index contributed by atoms with van der Waals surface area (Å²) in [6.45, 7) is 1.82. The van der Waals surface area contributed by atoms with Crippen molar-refractivity contribution in [1.29, 1.82) is 0 Å². The number of aromatic hydroxyl groups is 1. The molecule has 0 amide bonds. The molecule has 1 N–H and O–H groups in total. The molecule has 0 saturated heterocycles. The number of hydrogen-bond donors (Lipinski definition) is 1. The molecular formula is C22H20Cl2O4S. The number of phenolic OH excluding ortho intramolecular Hbond substituents is 1. The third-order valence-electron chi connectivity index (χ3n) is 4.28. The highest BCUT2D eigenvalue weighted by atomic mass is 35.5. The summed E-state index contributed by atoms with van der Waals surface area (Å²) in [7, 11) is 0. The molecule has 1 heterocycles. The number of phenols is 1. The smallest absolute Gasteiger partial charge is 0.344 e. The first kappa shape index (κ1) is 21.5. The molecule has 0 bridgehead atoms. The molecule has 0 aliphatic carbocycles. The number of thiophene rings is 1. The molecule has 0 radical (unpaired) electrons. The second kappa shape index (κ2) is 10.0. The van der Waals surface area contributed by atoms with Crippen LogP contribution < -0.4 is 4.74 Å². The van der Waals surface area contributed by atoms with E-state index < -0.39 is 5.97 Å². The van der Waals surface area contributed by atoms with E-state index in [2.05, 4.69) is 5.38 Å². The molecule has 2 aromatic carbocycles. The SMILES string of the molecule is CCOC(=O)COc1cc(Cl)c(Cc2ccc(O)c(Cc3ccsc3)c2)c(Cl)c1. The van der Waals surface area contributed by atoms with Crippen LogP contribution in [0, 0.1) is 0 Å². The van der Waals surface area contributed by atoms with Gasteiger partial charge in [0.05, 0.1) is 6.61 Å². The van der Waals surface area contributed by atoms with Gasteiger partial charge in [-0.1, -0.05) is 35.3 Å². The van der Waals surface area contributed by atoms with E-state index in [0.717, 1.165) is 22.3 Å². The zero-order chi connectivity index (χ0) is 20.8. The molecule has 7 heteroatoms. The molecule has 3 aromatic rings. The van der Waals surface area contributed by atoms with Crippen LogP contribution in [-0.2, 0) is 22.4 Å². The van der Waals surface area contributed by atoms with Gasteiger partial charge in [0.15, 0.2) is 6.61 Å². The van der Waals surface area contributed by atoms with Crippen LogP contribution in [0.3, 0.4) is 0 Å². The first-order chi connectivity index (χ1) is 14.0. The van der Waals surface area contributed by atoms with Gasteiger partial charge in [0, 0.05) is 22.9 Å². The Balaban J connectivity index is 1.75.